The normalized spacial score (nSPS) is 12.5. The van der Waals surface area contributed by atoms with Gasteiger partial charge >= 0.3 is 12.1 Å². The van der Waals surface area contributed by atoms with Gasteiger partial charge in [-0.1, -0.05) is 13.0 Å². The third kappa shape index (κ3) is 6.67. The van der Waals surface area contributed by atoms with Crippen LogP contribution < -0.4 is 0 Å². The van der Waals surface area contributed by atoms with E-state index in [0.717, 1.165) is 12.0 Å². The summed E-state index contributed by atoms with van der Waals surface area (Å²) in [6.45, 7) is 7.37. The molecule has 23 heavy (non-hydrogen) atoms. The van der Waals surface area contributed by atoms with E-state index >= 15 is 0 Å². The summed E-state index contributed by atoms with van der Waals surface area (Å²) in [6.07, 6.45) is 4.60. The third-order valence-electron chi connectivity index (χ3n) is 3.26. The van der Waals surface area contributed by atoms with E-state index in [1.807, 2.05) is 12.1 Å². The standard InChI is InChI=1S/C17H26N2O4/c1-5-14(15(20)21)19(16(22)23-17(2,3)4)11-7-9-13-8-6-10-18-12-13/h6,8,10,12,14H,5,7,9,11H2,1-4H3,(H,20,21)/t14-/m0/s1. The highest BCUT2D eigenvalue weighted by Gasteiger charge is 2.31. The summed E-state index contributed by atoms with van der Waals surface area (Å²) in [5, 5.41) is 9.35. The number of amides is 1. The van der Waals surface area contributed by atoms with E-state index in [2.05, 4.69) is 4.98 Å². The molecular formula is C17H26N2O4. The summed E-state index contributed by atoms with van der Waals surface area (Å²) in [6, 6.07) is 2.94. The van der Waals surface area contributed by atoms with Gasteiger partial charge in [-0.25, -0.2) is 9.59 Å². The van der Waals surface area contributed by atoms with E-state index in [-0.39, 0.29) is 0 Å². The Bertz CT molecular complexity index is 511. The second-order valence-corrected chi connectivity index (χ2v) is 6.40. The van der Waals surface area contributed by atoms with Crippen molar-refractivity contribution < 1.29 is 19.4 Å². The van der Waals surface area contributed by atoms with Gasteiger partial charge in [0.25, 0.3) is 0 Å². The van der Waals surface area contributed by atoms with Crippen molar-refractivity contribution in [1.82, 2.24) is 9.88 Å². The fourth-order valence-corrected chi connectivity index (χ4v) is 2.22. The number of carboxylic acid groups (broad SMARTS) is 1. The summed E-state index contributed by atoms with van der Waals surface area (Å²) >= 11 is 0. The van der Waals surface area contributed by atoms with Crippen molar-refractivity contribution in [3.05, 3.63) is 30.1 Å². The number of rotatable bonds is 7. The number of nitrogens with zero attached hydrogens (tertiary/aromatic N) is 2. The number of carbonyl (C=O) groups is 2. The van der Waals surface area contributed by atoms with E-state index in [4.69, 9.17) is 4.74 Å². The first-order valence-electron chi connectivity index (χ1n) is 7.86. The van der Waals surface area contributed by atoms with Crippen LogP contribution in [0.3, 0.4) is 0 Å². The molecule has 6 nitrogen and oxygen atoms in total. The molecule has 1 heterocycles. The largest absolute Gasteiger partial charge is 0.480 e. The van der Waals surface area contributed by atoms with Crippen molar-refractivity contribution in [2.75, 3.05) is 6.54 Å². The zero-order chi connectivity index (χ0) is 17.5. The van der Waals surface area contributed by atoms with Crippen LogP contribution in [0.25, 0.3) is 0 Å². The van der Waals surface area contributed by atoms with Gasteiger partial charge in [-0.2, -0.15) is 0 Å². The minimum Gasteiger partial charge on any atom is -0.480 e. The molecular weight excluding hydrogens is 296 g/mol. The summed E-state index contributed by atoms with van der Waals surface area (Å²) in [5.74, 6) is -1.01. The van der Waals surface area contributed by atoms with Gasteiger partial charge in [-0.15, -0.1) is 0 Å². The number of hydrogen-bond acceptors (Lipinski definition) is 4. The molecule has 0 aliphatic heterocycles. The smallest absolute Gasteiger partial charge is 0.411 e. The van der Waals surface area contributed by atoms with E-state index < -0.39 is 23.7 Å². The summed E-state index contributed by atoms with van der Waals surface area (Å²) in [4.78, 5) is 29.1. The molecule has 128 valence electrons. The molecule has 1 amide bonds. The monoisotopic (exact) mass is 322 g/mol. The van der Waals surface area contributed by atoms with Crippen molar-refractivity contribution in [1.29, 1.82) is 0 Å². The van der Waals surface area contributed by atoms with Crippen LogP contribution in [0, 0.1) is 0 Å². The molecule has 0 saturated carbocycles. The van der Waals surface area contributed by atoms with Gasteiger partial charge in [0.1, 0.15) is 11.6 Å². The van der Waals surface area contributed by atoms with Crippen LogP contribution in [-0.4, -0.2) is 45.2 Å². The van der Waals surface area contributed by atoms with Gasteiger partial charge in [-0.3, -0.25) is 9.88 Å². The third-order valence-corrected chi connectivity index (χ3v) is 3.26. The average Bonchev–Trinajstić information content (AvgIpc) is 2.45. The predicted molar refractivity (Wildman–Crippen MR) is 87.2 cm³/mol. The second kappa shape index (κ2) is 8.50. The summed E-state index contributed by atoms with van der Waals surface area (Å²) < 4.78 is 5.35. The molecule has 1 N–H and O–H groups in total. The molecule has 0 aliphatic carbocycles. The maximum Gasteiger partial charge on any atom is 0.411 e. The van der Waals surface area contributed by atoms with Crippen LogP contribution in [0.5, 0.6) is 0 Å². The van der Waals surface area contributed by atoms with Crippen molar-refractivity contribution >= 4 is 12.1 Å². The number of carbonyl (C=O) groups excluding carboxylic acids is 1. The number of hydrogen-bond donors (Lipinski definition) is 1. The van der Waals surface area contributed by atoms with Gasteiger partial charge in [0, 0.05) is 18.9 Å². The highest BCUT2D eigenvalue weighted by atomic mass is 16.6. The molecule has 1 rings (SSSR count). The Morgan fingerprint density at radius 2 is 2.09 bits per heavy atom. The molecule has 1 aromatic rings. The number of carboxylic acids is 1. The summed E-state index contributed by atoms with van der Waals surface area (Å²) in [7, 11) is 0. The highest BCUT2D eigenvalue weighted by Crippen LogP contribution is 2.15. The Hall–Kier alpha value is -2.11. The molecule has 0 fully saturated rings. The van der Waals surface area contributed by atoms with E-state index in [0.29, 0.717) is 19.4 Å². The first-order valence-corrected chi connectivity index (χ1v) is 7.86. The zero-order valence-corrected chi connectivity index (χ0v) is 14.3. The molecule has 0 unspecified atom stereocenters. The van der Waals surface area contributed by atoms with Crippen LogP contribution in [0.1, 0.15) is 46.1 Å². The number of pyridine rings is 1. The quantitative estimate of drug-likeness (QED) is 0.834. The highest BCUT2D eigenvalue weighted by molar-refractivity contribution is 5.80. The Morgan fingerprint density at radius 1 is 1.39 bits per heavy atom. The maximum atomic E-state index is 12.3. The molecule has 0 aliphatic rings. The Kier molecular flexibility index (Phi) is 7.00. The van der Waals surface area contributed by atoms with Gasteiger partial charge < -0.3 is 9.84 Å². The van der Waals surface area contributed by atoms with Crippen LogP contribution in [0.15, 0.2) is 24.5 Å². The minimum absolute atomic E-state index is 0.328. The second-order valence-electron chi connectivity index (χ2n) is 6.40. The number of aryl methyl sites for hydroxylation is 1. The molecule has 0 aromatic carbocycles. The first-order chi connectivity index (χ1) is 10.7. The lowest BCUT2D eigenvalue weighted by atomic mass is 10.1. The van der Waals surface area contributed by atoms with Gasteiger partial charge in [0.05, 0.1) is 0 Å². The first kappa shape index (κ1) is 18.9. The lowest BCUT2D eigenvalue weighted by molar-refractivity contribution is -0.143. The number of aliphatic carboxylic acids is 1. The number of aromatic nitrogens is 1. The van der Waals surface area contributed by atoms with Gasteiger partial charge in [-0.05, 0) is 51.7 Å². The summed E-state index contributed by atoms with van der Waals surface area (Å²) in [5.41, 5.74) is 0.398. The van der Waals surface area contributed by atoms with E-state index in [1.165, 1.54) is 4.90 Å². The van der Waals surface area contributed by atoms with E-state index in [1.54, 1.807) is 40.1 Å². The number of ether oxygens (including phenoxy) is 1. The molecule has 0 bridgehead atoms. The van der Waals surface area contributed by atoms with Crippen LogP contribution in [-0.2, 0) is 16.0 Å². The topological polar surface area (TPSA) is 79.7 Å². The van der Waals surface area contributed by atoms with E-state index in [9.17, 15) is 14.7 Å². The predicted octanol–water partition coefficient (Wildman–Crippen LogP) is 3.11. The Balaban J connectivity index is 2.74. The molecule has 0 saturated heterocycles. The zero-order valence-electron chi connectivity index (χ0n) is 14.3. The fourth-order valence-electron chi connectivity index (χ4n) is 2.22. The molecule has 0 radical (unpaired) electrons. The van der Waals surface area contributed by atoms with Crippen molar-refractivity contribution in [3.63, 3.8) is 0 Å². The lowest BCUT2D eigenvalue weighted by Crippen LogP contribution is -2.47. The molecule has 6 heteroatoms. The van der Waals surface area contributed by atoms with Crippen molar-refractivity contribution in [2.24, 2.45) is 0 Å². The SMILES string of the molecule is CC[C@@H](C(=O)O)N(CCCc1cccnc1)C(=O)OC(C)(C)C. The Labute approximate surface area is 137 Å². The van der Waals surface area contributed by atoms with Crippen LogP contribution in [0.2, 0.25) is 0 Å². The molecule has 1 aromatic heterocycles. The fraction of sp³-hybridized carbons (Fsp3) is 0.588. The maximum absolute atomic E-state index is 12.3. The van der Waals surface area contributed by atoms with Gasteiger partial charge in [0.2, 0.25) is 0 Å². The lowest BCUT2D eigenvalue weighted by Gasteiger charge is -2.31. The van der Waals surface area contributed by atoms with Crippen LogP contribution in [0.4, 0.5) is 4.79 Å². The molecule has 1 atom stereocenters. The average molecular weight is 322 g/mol. The van der Waals surface area contributed by atoms with Crippen molar-refractivity contribution in [2.45, 2.75) is 58.6 Å². The molecule has 0 spiro atoms. The minimum atomic E-state index is -1.01. The van der Waals surface area contributed by atoms with Crippen molar-refractivity contribution in [3.8, 4) is 0 Å². The Morgan fingerprint density at radius 3 is 2.57 bits per heavy atom. The van der Waals surface area contributed by atoms with Gasteiger partial charge in [0.15, 0.2) is 0 Å². The van der Waals surface area contributed by atoms with Crippen LogP contribution >= 0.6 is 0 Å².